The third-order valence-electron chi connectivity index (χ3n) is 2.79. The molecule has 0 spiro atoms. The van der Waals surface area contributed by atoms with Crippen LogP contribution in [0.2, 0.25) is 0 Å². The molecule has 0 bridgehead atoms. The lowest BCUT2D eigenvalue weighted by molar-refractivity contribution is 0.744. The highest BCUT2D eigenvalue weighted by Crippen LogP contribution is 2.20. The first-order chi connectivity index (χ1) is 7.88. The van der Waals surface area contributed by atoms with Gasteiger partial charge in [0.2, 0.25) is 5.95 Å². The number of rotatable bonds is 5. The smallest absolute Gasteiger partial charge is 0.224 e. The SMILES string of the molecule is NCCNc1ccnc(NC2CCCC2)n1. The zero-order valence-electron chi connectivity index (χ0n) is 9.45. The van der Waals surface area contributed by atoms with Crippen molar-refractivity contribution in [2.45, 2.75) is 31.7 Å². The van der Waals surface area contributed by atoms with E-state index in [9.17, 15) is 0 Å². The van der Waals surface area contributed by atoms with Crippen LogP contribution in [0, 0.1) is 0 Å². The second kappa shape index (κ2) is 5.65. The Morgan fingerprint density at radius 2 is 2.19 bits per heavy atom. The van der Waals surface area contributed by atoms with Gasteiger partial charge in [-0.3, -0.25) is 0 Å². The molecular weight excluding hydrogens is 202 g/mol. The van der Waals surface area contributed by atoms with Gasteiger partial charge in [-0.15, -0.1) is 0 Å². The molecule has 1 aliphatic carbocycles. The largest absolute Gasteiger partial charge is 0.369 e. The Hall–Kier alpha value is -1.36. The Morgan fingerprint density at radius 1 is 1.38 bits per heavy atom. The van der Waals surface area contributed by atoms with Gasteiger partial charge in [0.15, 0.2) is 0 Å². The third kappa shape index (κ3) is 3.06. The first-order valence-electron chi connectivity index (χ1n) is 5.92. The quantitative estimate of drug-likeness (QED) is 0.696. The van der Waals surface area contributed by atoms with Crippen LogP contribution in [0.15, 0.2) is 12.3 Å². The van der Waals surface area contributed by atoms with Gasteiger partial charge in [0.05, 0.1) is 0 Å². The van der Waals surface area contributed by atoms with Crippen molar-refractivity contribution in [2.75, 3.05) is 23.7 Å². The van der Waals surface area contributed by atoms with Crippen molar-refractivity contribution < 1.29 is 0 Å². The Kier molecular flexibility index (Phi) is 3.93. The van der Waals surface area contributed by atoms with E-state index in [0.717, 1.165) is 12.4 Å². The van der Waals surface area contributed by atoms with Crippen molar-refractivity contribution in [3.05, 3.63) is 12.3 Å². The fraction of sp³-hybridized carbons (Fsp3) is 0.636. The molecule has 5 heteroatoms. The van der Waals surface area contributed by atoms with Gasteiger partial charge in [-0.2, -0.15) is 4.98 Å². The van der Waals surface area contributed by atoms with Gasteiger partial charge >= 0.3 is 0 Å². The molecule has 0 radical (unpaired) electrons. The highest BCUT2D eigenvalue weighted by Gasteiger charge is 2.15. The monoisotopic (exact) mass is 221 g/mol. The van der Waals surface area contributed by atoms with Crippen molar-refractivity contribution in [3.63, 3.8) is 0 Å². The molecule has 1 aromatic rings. The molecule has 16 heavy (non-hydrogen) atoms. The minimum Gasteiger partial charge on any atom is -0.369 e. The lowest BCUT2D eigenvalue weighted by Crippen LogP contribution is -2.18. The van der Waals surface area contributed by atoms with E-state index < -0.39 is 0 Å². The van der Waals surface area contributed by atoms with Gasteiger partial charge in [0.1, 0.15) is 5.82 Å². The zero-order valence-corrected chi connectivity index (χ0v) is 9.45. The van der Waals surface area contributed by atoms with Gasteiger partial charge in [-0.1, -0.05) is 12.8 Å². The van der Waals surface area contributed by atoms with Gasteiger partial charge < -0.3 is 16.4 Å². The Bertz CT molecular complexity index is 322. The molecule has 1 fully saturated rings. The van der Waals surface area contributed by atoms with Crippen molar-refractivity contribution in [1.82, 2.24) is 9.97 Å². The van der Waals surface area contributed by atoms with Gasteiger partial charge in [-0.05, 0) is 18.9 Å². The molecule has 5 nitrogen and oxygen atoms in total. The van der Waals surface area contributed by atoms with Crippen LogP contribution in [0.3, 0.4) is 0 Å². The second-order valence-electron chi connectivity index (χ2n) is 4.11. The van der Waals surface area contributed by atoms with Crippen LogP contribution in [0.1, 0.15) is 25.7 Å². The molecule has 0 aliphatic heterocycles. The number of aromatic nitrogens is 2. The van der Waals surface area contributed by atoms with Crippen LogP contribution in [-0.2, 0) is 0 Å². The standard InChI is InChI=1S/C11H19N5/c12-6-8-13-10-5-7-14-11(16-10)15-9-3-1-2-4-9/h5,7,9H,1-4,6,8,12H2,(H2,13,14,15,16). The fourth-order valence-corrected chi connectivity index (χ4v) is 1.98. The van der Waals surface area contributed by atoms with Crippen LogP contribution < -0.4 is 16.4 Å². The molecule has 0 unspecified atom stereocenters. The van der Waals surface area contributed by atoms with Crippen LogP contribution >= 0.6 is 0 Å². The summed E-state index contributed by atoms with van der Waals surface area (Å²) in [5.74, 6) is 1.55. The normalized spacial score (nSPS) is 16.3. The number of nitrogens with zero attached hydrogens (tertiary/aromatic N) is 2. The van der Waals surface area contributed by atoms with Crippen LogP contribution in [-0.4, -0.2) is 29.1 Å². The first-order valence-corrected chi connectivity index (χ1v) is 5.92. The molecule has 0 atom stereocenters. The van der Waals surface area contributed by atoms with E-state index in [1.54, 1.807) is 6.20 Å². The van der Waals surface area contributed by atoms with Crippen molar-refractivity contribution in [1.29, 1.82) is 0 Å². The van der Waals surface area contributed by atoms with E-state index in [4.69, 9.17) is 5.73 Å². The predicted octanol–water partition coefficient (Wildman–Crippen LogP) is 1.20. The van der Waals surface area contributed by atoms with E-state index >= 15 is 0 Å². The molecule has 88 valence electrons. The van der Waals surface area contributed by atoms with Crippen LogP contribution in [0.5, 0.6) is 0 Å². The lowest BCUT2D eigenvalue weighted by atomic mass is 10.2. The first kappa shape index (κ1) is 11.1. The Balaban J connectivity index is 1.92. The maximum atomic E-state index is 5.42. The van der Waals surface area contributed by atoms with E-state index in [1.807, 2.05) is 6.07 Å². The maximum Gasteiger partial charge on any atom is 0.224 e. The van der Waals surface area contributed by atoms with Gasteiger partial charge in [0, 0.05) is 25.3 Å². The number of nitrogens with one attached hydrogen (secondary N) is 2. The molecule has 0 aromatic carbocycles. The maximum absolute atomic E-state index is 5.42. The molecule has 2 rings (SSSR count). The molecule has 1 saturated carbocycles. The van der Waals surface area contributed by atoms with Gasteiger partial charge in [0.25, 0.3) is 0 Å². The second-order valence-corrected chi connectivity index (χ2v) is 4.11. The zero-order chi connectivity index (χ0) is 11.2. The van der Waals surface area contributed by atoms with Gasteiger partial charge in [-0.25, -0.2) is 4.98 Å². The average molecular weight is 221 g/mol. The molecule has 1 heterocycles. The molecular formula is C11H19N5. The van der Waals surface area contributed by atoms with Crippen LogP contribution in [0.25, 0.3) is 0 Å². The van der Waals surface area contributed by atoms with Crippen molar-refractivity contribution in [3.8, 4) is 0 Å². The highest BCUT2D eigenvalue weighted by molar-refractivity contribution is 5.39. The van der Waals surface area contributed by atoms with E-state index in [-0.39, 0.29) is 0 Å². The van der Waals surface area contributed by atoms with Crippen molar-refractivity contribution >= 4 is 11.8 Å². The Morgan fingerprint density at radius 3 is 2.94 bits per heavy atom. The summed E-state index contributed by atoms with van der Waals surface area (Å²) in [6.07, 6.45) is 6.84. The molecule has 0 saturated heterocycles. The number of hydrogen-bond donors (Lipinski definition) is 3. The minimum atomic E-state index is 0.546. The predicted molar refractivity (Wildman–Crippen MR) is 65.5 cm³/mol. The average Bonchev–Trinajstić information content (AvgIpc) is 2.80. The third-order valence-corrected chi connectivity index (χ3v) is 2.79. The van der Waals surface area contributed by atoms with Crippen molar-refractivity contribution in [2.24, 2.45) is 5.73 Å². The van der Waals surface area contributed by atoms with E-state index in [2.05, 4.69) is 20.6 Å². The van der Waals surface area contributed by atoms with E-state index in [0.29, 0.717) is 18.5 Å². The summed E-state index contributed by atoms with van der Waals surface area (Å²) in [7, 11) is 0. The summed E-state index contributed by atoms with van der Waals surface area (Å²) < 4.78 is 0. The lowest BCUT2D eigenvalue weighted by Gasteiger charge is -2.12. The number of anilines is 2. The Labute approximate surface area is 95.9 Å². The highest BCUT2D eigenvalue weighted by atomic mass is 15.1. The summed E-state index contributed by atoms with van der Waals surface area (Å²) in [4.78, 5) is 8.60. The summed E-state index contributed by atoms with van der Waals surface area (Å²) in [6.45, 7) is 1.34. The van der Waals surface area contributed by atoms with Crippen LogP contribution in [0.4, 0.5) is 11.8 Å². The molecule has 1 aromatic heterocycles. The topological polar surface area (TPSA) is 75.9 Å². The number of hydrogen-bond acceptors (Lipinski definition) is 5. The fourth-order valence-electron chi connectivity index (χ4n) is 1.98. The minimum absolute atomic E-state index is 0.546. The summed E-state index contributed by atoms with van der Waals surface area (Å²) in [6, 6.07) is 2.40. The summed E-state index contributed by atoms with van der Waals surface area (Å²) in [5, 5.41) is 6.51. The molecule has 4 N–H and O–H groups in total. The summed E-state index contributed by atoms with van der Waals surface area (Å²) in [5.41, 5.74) is 5.42. The summed E-state index contributed by atoms with van der Waals surface area (Å²) >= 11 is 0. The molecule has 0 amide bonds. The number of nitrogens with two attached hydrogens (primary N) is 1. The van der Waals surface area contributed by atoms with E-state index in [1.165, 1.54) is 25.7 Å². The molecule has 1 aliphatic rings.